The van der Waals surface area contributed by atoms with Crippen LogP contribution in [0.3, 0.4) is 0 Å². The number of pyridine rings is 1. The summed E-state index contributed by atoms with van der Waals surface area (Å²) in [6, 6.07) is 4.04. The fourth-order valence-electron chi connectivity index (χ4n) is 5.27. The van der Waals surface area contributed by atoms with Crippen LogP contribution in [-0.2, 0) is 4.74 Å². The zero-order valence-electron chi connectivity index (χ0n) is 21.3. The molecule has 11 nitrogen and oxygen atoms in total. The Bertz CT molecular complexity index is 1450. The van der Waals surface area contributed by atoms with Crippen molar-refractivity contribution >= 4 is 22.5 Å². The van der Waals surface area contributed by atoms with Crippen LogP contribution in [-0.4, -0.2) is 84.8 Å². The molecular weight excluding hydrogens is 470 g/mol. The second-order valence-corrected chi connectivity index (χ2v) is 9.93. The standard InChI is InChI=1S/C26H31N9O2/c1-17-16-37-13-12-34(17)23-14-20(21-15-28-35(25(21)29-23)22-5-9-27-32-22)4-6-26(36)7-10-33(11-8-26)24-18(2)30-31-19(24)3/h5,9,14-15,17,36H,7-8,10-13,16H2,1-3H3,(H,27,32)(H,30,31)/t17-/m1/s1. The number of aromatic nitrogens is 7. The van der Waals surface area contributed by atoms with E-state index in [9.17, 15) is 5.11 Å². The van der Waals surface area contributed by atoms with Crippen molar-refractivity contribution in [3.63, 3.8) is 0 Å². The molecule has 192 valence electrons. The van der Waals surface area contributed by atoms with Gasteiger partial charge in [0.2, 0.25) is 0 Å². The van der Waals surface area contributed by atoms with Gasteiger partial charge in [0.1, 0.15) is 11.4 Å². The van der Waals surface area contributed by atoms with Gasteiger partial charge in [-0.2, -0.15) is 20.0 Å². The van der Waals surface area contributed by atoms with E-state index in [4.69, 9.17) is 9.72 Å². The second kappa shape index (κ2) is 9.21. The van der Waals surface area contributed by atoms with Crippen LogP contribution >= 0.6 is 0 Å². The van der Waals surface area contributed by atoms with Crippen LogP contribution in [0.5, 0.6) is 0 Å². The lowest BCUT2D eigenvalue weighted by atomic mass is 9.91. The lowest BCUT2D eigenvalue weighted by Crippen LogP contribution is -2.44. The molecule has 2 aliphatic rings. The summed E-state index contributed by atoms with van der Waals surface area (Å²) in [5.74, 6) is 8.07. The van der Waals surface area contributed by atoms with Crippen molar-refractivity contribution in [1.29, 1.82) is 0 Å². The third-order valence-corrected chi connectivity index (χ3v) is 7.33. The number of aryl methyl sites for hydroxylation is 2. The van der Waals surface area contributed by atoms with Crippen molar-refractivity contribution in [2.24, 2.45) is 0 Å². The number of H-pyrrole nitrogens is 2. The monoisotopic (exact) mass is 501 g/mol. The molecular formula is C26H31N9O2. The smallest absolute Gasteiger partial charge is 0.168 e. The van der Waals surface area contributed by atoms with Gasteiger partial charge in [0, 0.05) is 44.1 Å². The number of ether oxygens (including phenoxy) is 1. The maximum Gasteiger partial charge on any atom is 0.168 e. The Kier molecular flexibility index (Phi) is 5.85. The first-order valence-corrected chi connectivity index (χ1v) is 12.7. The van der Waals surface area contributed by atoms with Gasteiger partial charge >= 0.3 is 0 Å². The molecule has 4 aromatic heterocycles. The average molecular weight is 502 g/mol. The number of aliphatic hydroxyl groups is 1. The van der Waals surface area contributed by atoms with Crippen molar-refractivity contribution in [3.05, 3.63) is 41.5 Å². The fourth-order valence-corrected chi connectivity index (χ4v) is 5.27. The molecule has 4 aromatic rings. The van der Waals surface area contributed by atoms with Crippen LogP contribution in [0.2, 0.25) is 0 Å². The molecule has 3 N–H and O–H groups in total. The Hall–Kier alpha value is -3.88. The summed E-state index contributed by atoms with van der Waals surface area (Å²) in [4.78, 5) is 9.49. The van der Waals surface area contributed by atoms with Gasteiger partial charge in [0.15, 0.2) is 11.5 Å². The maximum absolute atomic E-state index is 11.4. The lowest BCUT2D eigenvalue weighted by molar-refractivity contribution is 0.0746. The first-order valence-electron chi connectivity index (χ1n) is 12.7. The molecule has 0 spiro atoms. The number of nitrogens with one attached hydrogen (secondary N) is 2. The third kappa shape index (κ3) is 4.32. The van der Waals surface area contributed by atoms with Crippen LogP contribution < -0.4 is 9.80 Å². The van der Waals surface area contributed by atoms with Crippen LogP contribution in [0, 0.1) is 25.7 Å². The quantitative estimate of drug-likeness (QED) is 0.365. The number of nitrogens with zero attached hydrogens (tertiary/aromatic N) is 7. The molecule has 0 saturated carbocycles. The average Bonchev–Trinajstić information content (AvgIpc) is 3.64. The number of rotatable bonds is 3. The van der Waals surface area contributed by atoms with E-state index < -0.39 is 5.60 Å². The van der Waals surface area contributed by atoms with Crippen LogP contribution in [0.4, 0.5) is 11.5 Å². The summed E-state index contributed by atoms with van der Waals surface area (Å²) < 4.78 is 7.38. The number of fused-ring (bicyclic) bond motifs is 1. The number of anilines is 2. The van der Waals surface area contributed by atoms with E-state index >= 15 is 0 Å². The Morgan fingerprint density at radius 2 is 2.03 bits per heavy atom. The van der Waals surface area contributed by atoms with E-state index in [-0.39, 0.29) is 6.04 Å². The molecule has 6 rings (SSSR count). The Morgan fingerprint density at radius 1 is 1.19 bits per heavy atom. The summed E-state index contributed by atoms with van der Waals surface area (Å²) in [5.41, 5.74) is 3.57. The van der Waals surface area contributed by atoms with Gasteiger partial charge in [-0.25, -0.2) is 4.98 Å². The summed E-state index contributed by atoms with van der Waals surface area (Å²) in [5, 5.41) is 31.2. The molecule has 1 atom stereocenters. The van der Waals surface area contributed by atoms with E-state index in [1.807, 2.05) is 26.0 Å². The number of hydrogen-bond acceptors (Lipinski definition) is 8. The van der Waals surface area contributed by atoms with Crippen molar-refractivity contribution in [3.8, 4) is 17.7 Å². The number of piperidine rings is 1. The van der Waals surface area contributed by atoms with Crippen LogP contribution in [0.1, 0.15) is 36.7 Å². The number of aromatic amines is 2. The van der Waals surface area contributed by atoms with Gasteiger partial charge in [0.25, 0.3) is 0 Å². The zero-order valence-corrected chi connectivity index (χ0v) is 21.3. The highest BCUT2D eigenvalue weighted by Crippen LogP contribution is 2.30. The van der Waals surface area contributed by atoms with Gasteiger partial charge < -0.3 is 19.6 Å². The molecule has 2 saturated heterocycles. The van der Waals surface area contributed by atoms with Gasteiger partial charge in [-0.15, -0.1) is 0 Å². The van der Waals surface area contributed by atoms with Crippen LogP contribution in [0.25, 0.3) is 16.9 Å². The molecule has 0 bridgehead atoms. The van der Waals surface area contributed by atoms with Crippen molar-refractivity contribution in [2.45, 2.75) is 45.3 Å². The number of morpholine rings is 1. The van der Waals surface area contributed by atoms with Crippen molar-refractivity contribution in [1.82, 2.24) is 35.2 Å². The minimum Gasteiger partial charge on any atom is -0.377 e. The summed E-state index contributed by atoms with van der Waals surface area (Å²) in [6.45, 7) is 9.63. The molecule has 0 aliphatic carbocycles. The minimum atomic E-state index is -1.07. The molecule has 0 unspecified atom stereocenters. The van der Waals surface area contributed by atoms with Gasteiger partial charge in [-0.05, 0) is 26.8 Å². The van der Waals surface area contributed by atoms with Gasteiger partial charge in [-0.1, -0.05) is 11.8 Å². The highest BCUT2D eigenvalue weighted by molar-refractivity contribution is 5.85. The second-order valence-electron chi connectivity index (χ2n) is 9.93. The fraction of sp³-hybridized carbons (Fsp3) is 0.462. The number of hydrogen-bond donors (Lipinski definition) is 3. The van der Waals surface area contributed by atoms with Crippen LogP contribution in [0.15, 0.2) is 24.5 Å². The van der Waals surface area contributed by atoms with E-state index in [2.05, 4.69) is 54.1 Å². The normalized spacial score (nSPS) is 19.7. The molecule has 11 heteroatoms. The lowest BCUT2D eigenvalue weighted by Gasteiger charge is -2.36. The molecule has 0 radical (unpaired) electrons. The van der Waals surface area contributed by atoms with E-state index in [0.29, 0.717) is 44.8 Å². The zero-order chi connectivity index (χ0) is 25.6. The highest BCUT2D eigenvalue weighted by atomic mass is 16.5. The van der Waals surface area contributed by atoms with Gasteiger partial charge in [-0.3, -0.25) is 10.2 Å². The van der Waals surface area contributed by atoms with E-state index in [1.54, 1.807) is 17.1 Å². The highest BCUT2D eigenvalue weighted by Gasteiger charge is 2.32. The predicted octanol–water partition coefficient (Wildman–Crippen LogP) is 2.09. The first kappa shape index (κ1) is 23.5. The Balaban J connectivity index is 1.34. The van der Waals surface area contributed by atoms with Crippen molar-refractivity contribution < 1.29 is 9.84 Å². The molecule has 0 amide bonds. The Labute approximate surface area is 214 Å². The van der Waals surface area contributed by atoms with E-state index in [0.717, 1.165) is 46.2 Å². The third-order valence-electron chi connectivity index (χ3n) is 7.33. The maximum atomic E-state index is 11.4. The first-order chi connectivity index (χ1) is 17.9. The predicted molar refractivity (Wildman–Crippen MR) is 140 cm³/mol. The molecule has 37 heavy (non-hydrogen) atoms. The minimum absolute atomic E-state index is 0.186. The molecule has 6 heterocycles. The molecule has 2 fully saturated rings. The summed E-state index contributed by atoms with van der Waals surface area (Å²) >= 11 is 0. The summed E-state index contributed by atoms with van der Waals surface area (Å²) in [7, 11) is 0. The van der Waals surface area contributed by atoms with E-state index in [1.165, 1.54) is 0 Å². The summed E-state index contributed by atoms with van der Waals surface area (Å²) in [6.07, 6.45) is 4.57. The topological polar surface area (TPSA) is 124 Å². The largest absolute Gasteiger partial charge is 0.377 e. The molecule has 0 aromatic carbocycles. The molecule has 2 aliphatic heterocycles. The SMILES string of the molecule is Cc1n[nH]c(C)c1N1CCC(O)(C#Cc2cc(N3CCOC[C@H]3C)nc3c2cnn3-c2ccn[nH]2)CC1. The van der Waals surface area contributed by atoms with Gasteiger partial charge in [0.05, 0.1) is 54.1 Å². The Morgan fingerprint density at radius 3 is 2.73 bits per heavy atom. The van der Waals surface area contributed by atoms with Crippen molar-refractivity contribution in [2.75, 3.05) is 42.6 Å².